The van der Waals surface area contributed by atoms with Gasteiger partial charge >= 0.3 is 0 Å². The molecule has 1 aromatic carbocycles. The van der Waals surface area contributed by atoms with Crippen molar-refractivity contribution in [3.8, 4) is 0 Å². The van der Waals surface area contributed by atoms with Crippen LogP contribution in [0.1, 0.15) is 30.7 Å². The number of hydrogen-bond acceptors (Lipinski definition) is 5. The number of rotatable bonds is 6. The van der Waals surface area contributed by atoms with E-state index in [1.807, 2.05) is 22.8 Å². The SMILES string of the molecule is O=C(NCc1nncn1CCc1ccccc1)[C@H]1CC[C@H]2OCCN[C@@H]2C1. The molecule has 1 saturated heterocycles. The van der Waals surface area contributed by atoms with Crippen LogP contribution in [0.3, 0.4) is 0 Å². The second kappa shape index (κ2) is 8.63. The molecule has 1 aliphatic heterocycles. The summed E-state index contributed by atoms with van der Waals surface area (Å²) >= 11 is 0. The number of morpholine rings is 1. The highest BCUT2D eigenvalue weighted by Gasteiger charge is 2.35. The highest BCUT2D eigenvalue weighted by Crippen LogP contribution is 2.28. The van der Waals surface area contributed by atoms with E-state index in [0.29, 0.717) is 12.6 Å². The Hall–Kier alpha value is -2.25. The van der Waals surface area contributed by atoms with Crippen LogP contribution in [0.25, 0.3) is 0 Å². The minimum atomic E-state index is 0.0427. The molecule has 2 N–H and O–H groups in total. The number of ether oxygens (including phenoxy) is 1. The standard InChI is InChI=1S/C20H27N5O2/c26-20(16-6-7-18-17(12-16)21-9-11-27-18)22-13-19-24-23-14-25(19)10-8-15-4-2-1-3-5-15/h1-5,14,16-18,21H,6-13H2,(H,22,26)/t16-,17+,18+/m0/s1. The smallest absolute Gasteiger partial charge is 0.223 e. The van der Waals surface area contributed by atoms with Crippen LogP contribution in [0.15, 0.2) is 36.7 Å². The minimum Gasteiger partial charge on any atom is -0.375 e. The summed E-state index contributed by atoms with van der Waals surface area (Å²) < 4.78 is 7.81. The lowest BCUT2D eigenvalue weighted by Gasteiger charge is -2.39. The van der Waals surface area contributed by atoms with E-state index < -0.39 is 0 Å². The molecular formula is C20H27N5O2. The highest BCUT2D eigenvalue weighted by atomic mass is 16.5. The topological polar surface area (TPSA) is 81.1 Å². The summed E-state index contributed by atoms with van der Waals surface area (Å²) in [5.41, 5.74) is 1.28. The molecule has 144 valence electrons. The second-order valence-electron chi connectivity index (χ2n) is 7.37. The molecule has 1 saturated carbocycles. The number of nitrogens with one attached hydrogen (secondary N) is 2. The van der Waals surface area contributed by atoms with Crippen molar-refractivity contribution in [2.75, 3.05) is 13.2 Å². The number of carbonyl (C=O) groups is 1. The fourth-order valence-corrected chi connectivity index (χ4v) is 4.06. The Morgan fingerprint density at radius 1 is 1.30 bits per heavy atom. The molecule has 1 amide bonds. The van der Waals surface area contributed by atoms with Crippen molar-refractivity contribution in [1.29, 1.82) is 0 Å². The lowest BCUT2D eigenvalue weighted by Crippen LogP contribution is -2.53. The zero-order chi connectivity index (χ0) is 18.5. The fourth-order valence-electron chi connectivity index (χ4n) is 4.06. The third kappa shape index (κ3) is 4.54. The summed E-state index contributed by atoms with van der Waals surface area (Å²) in [6, 6.07) is 10.6. The third-order valence-electron chi connectivity index (χ3n) is 5.60. The molecule has 1 aliphatic carbocycles. The number of amides is 1. The van der Waals surface area contributed by atoms with E-state index in [1.165, 1.54) is 5.56 Å². The Morgan fingerprint density at radius 3 is 3.07 bits per heavy atom. The van der Waals surface area contributed by atoms with Gasteiger partial charge in [-0.2, -0.15) is 0 Å². The molecular weight excluding hydrogens is 342 g/mol. The zero-order valence-electron chi connectivity index (χ0n) is 15.5. The number of fused-ring (bicyclic) bond motifs is 1. The Bertz CT molecular complexity index is 748. The van der Waals surface area contributed by atoms with Crippen LogP contribution in [-0.2, 0) is 29.0 Å². The Balaban J connectivity index is 1.27. The number of nitrogens with zero attached hydrogens (tertiary/aromatic N) is 3. The van der Waals surface area contributed by atoms with Crippen LogP contribution in [0, 0.1) is 5.92 Å². The number of aryl methyl sites for hydroxylation is 2. The van der Waals surface area contributed by atoms with Crippen LogP contribution in [0.4, 0.5) is 0 Å². The molecule has 7 heteroatoms. The Labute approximate surface area is 159 Å². The van der Waals surface area contributed by atoms with Crippen molar-refractivity contribution in [2.24, 2.45) is 5.92 Å². The largest absolute Gasteiger partial charge is 0.375 e. The quantitative estimate of drug-likeness (QED) is 0.802. The molecule has 0 radical (unpaired) electrons. The monoisotopic (exact) mass is 369 g/mol. The minimum absolute atomic E-state index is 0.0427. The summed E-state index contributed by atoms with van der Waals surface area (Å²) in [7, 11) is 0. The second-order valence-corrected chi connectivity index (χ2v) is 7.37. The lowest BCUT2D eigenvalue weighted by molar-refractivity contribution is -0.128. The number of carbonyl (C=O) groups excluding carboxylic acids is 1. The molecule has 7 nitrogen and oxygen atoms in total. The van der Waals surface area contributed by atoms with Crippen molar-refractivity contribution in [3.63, 3.8) is 0 Å². The van der Waals surface area contributed by atoms with Gasteiger partial charge in [-0.05, 0) is 31.2 Å². The number of aromatic nitrogens is 3. The zero-order valence-corrected chi connectivity index (χ0v) is 15.5. The van der Waals surface area contributed by atoms with Crippen LogP contribution < -0.4 is 10.6 Å². The van der Waals surface area contributed by atoms with E-state index in [2.05, 4.69) is 33.0 Å². The fraction of sp³-hybridized carbons (Fsp3) is 0.550. The van der Waals surface area contributed by atoms with E-state index >= 15 is 0 Å². The Morgan fingerprint density at radius 2 is 2.19 bits per heavy atom. The molecule has 1 aromatic heterocycles. The van der Waals surface area contributed by atoms with Gasteiger partial charge < -0.3 is 19.9 Å². The van der Waals surface area contributed by atoms with Gasteiger partial charge in [-0.1, -0.05) is 30.3 Å². The highest BCUT2D eigenvalue weighted by molar-refractivity contribution is 5.78. The molecule has 2 aromatic rings. The van der Waals surface area contributed by atoms with Crippen molar-refractivity contribution >= 4 is 5.91 Å². The molecule has 0 bridgehead atoms. The summed E-state index contributed by atoms with van der Waals surface area (Å²) in [5, 5.41) is 14.7. The van der Waals surface area contributed by atoms with E-state index in [-0.39, 0.29) is 17.9 Å². The van der Waals surface area contributed by atoms with Gasteiger partial charge in [0.1, 0.15) is 6.33 Å². The summed E-state index contributed by atoms with van der Waals surface area (Å²) in [5.74, 6) is 0.951. The third-order valence-corrected chi connectivity index (χ3v) is 5.60. The molecule has 2 aliphatic rings. The first-order valence-electron chi connectivity index (χ1n) is 9.83. The van der Waals surface area contributed by atoms with Gasteiger partial charge in [0.05, 0.1) is 19.3 Å². The predicted molar refractivity (Wildman–Crippen MR) is 101 cm³/mol. The maximum absolute atomic E-state index is 12.6. The van der Waals surface area contributed by atoms with Gasteiger partial charge in [0.15, 0.2) is 5.82 Å². The normalized spacial score (nSPS) is 25.0. The van der Waals surface area contributed by atoms with Crippen LogP contribution in [0.2, 0.25) is 0 Å². The van der Waals surface area contributed by atoms with Crippen molar-refractivity contribution in [3.05, 3.63) is 48.0 Å². The van der Waals surface area contributed by atoms with Gasteiger partial charge in [-0.15, -0.1) is 10.2 Å². The van der Waals surface area contributed by atoms with E-state index in [1.54, 1.807) is 6.33 Å². The average molecular weight is 369 g/mol. The summed E-state index contributed by atoms with van der Waals surface area (Å²) in [4.78, 5) is 12.6. The molecule has 3 atom stereocenters. The van der Waals surface area contributed by atoms with Gasteiger partial charge in [0.25, 0.3) is 0 Å². The van der Waals surface area contributed by atoms with Crippen molar-refractivity contribution < 1.29 is 9.53 Å². The molecule has 0 spiro atoms. The Kier molecular flexibility index (Phi) is 5.79. The van der Waals surface area contributed by atoms with Gasteiger partial charge in [0, 0.05) is 25.0 Å². The average Bonchev–Trinajstić information content (AvgIpc) is 3.18. The molecule has 2 fully saturated rings. The first-order chi connectivity index (χ1) is 13.3. The van der Waals surface area contributed by atoms with Crippen LogP contribution in [0.5, 0.6) is 0 Å². The molecule has 4 rings (SSSR count). The molecule has 2 heterocycles. The van der Waals surface area contributed by atoms with E-state index in [9.17, 15) is 4.79 Å². The van der Waals surface area contributed by atoms with Gasteiger partial charge in [-0.3, -0.25) is 4.79 Å². The number of hydrogen-bond donors (Lipinski definition) is 2. The maximum Gasteiger partial charge on any atom is 0.223 e. The van der Waals surface area contributed by atoms with Crippen molar-refractivity contribution in [2.45, 2.75) is 50.9 Å². The van der Waals surface area contributed by atoms with Crippen molar-refractivity contribution in [1.82, 2.24) is 25.4 Å². The van der Waals surface area contributed by atoms with Crippen LogP contribution >= 0.6 is 0 Å². The van der Waals surface area contributed by atoms with Crippen LogP contribution in [-0.4, -0.2) is 46.0 Å². The predicted octanol–water partition coefficient (Wildman–Crippen LogP) is 1.29. The first kappa shape index (κ1) is 18.1. The van der Waals surface area contributed by atoms with Gasteiger partial charge in [0.2, 0.25) is 5.91 Å². The summed E-state index contributed by atoms with van der Waals surface area (Å²) in [6.45, 7) is 2.87. The molecule has 0 unspecified atom stereocenters. The summed E-state index contributed by atoms with van der Waals surface area (Å²) in [6.07, 6.45) is 5.59. The van der Waals surface area contributed by atoms with Gasteiger partial charge in [-0.25, -0.2) is 0 Å². The lowest BCUT2D eigenvalue weighted by atomic mass is 9.82. The van der Waals surface area contributed by atoms with E-state index in [4.69, 9.17) is 4.74 Å². The maximum atomic E-state index is 12.6. The first-order valence-corrected chi connectivity index (χ1v) is 9.83. The molecule has 27 heavy (non-hydrogen) atoms. The number of benzene rings is 1. The van der Waals surface area contributed by atoms with E-state index in [0.717, 1.165) is 51.2 Å².